The molecule has 0 spiro atoms. The lowest BCUT2D eigenvalue weighted by Crippen LogP contribution is -2.42. The Morgan fingerprint density at radius 3 is 2.39 bits per heavy atom. The Hall–Kier alpha value is -4.55. The zero-order valence-corrected chi connectivity index (χ0v) is 20.6. The molecule has 200 valence electrons. The second-order valence-electron chi connectivity index (χ2n) is 9.10. The molecule has 0 aliphatic carbocycles. The zero-order valence-electron chi connectivity index (χ0n) is 20.6. The molecule has 13 heteroatoms. The fourth-order valence-electron chi connectivity index (χ4n) is 3.36. The van der Waals surface area contributed by atoms with Gasteiger partial charge in [-0.2, -0.15) is 18.2 Å². The number of carbonyl (C=O) groups is 2. The monoisotopic (exact) mass is 531 g/mol. The van der Waals surface area contributed by atoms with Gasteiger partial charge in [0.15, 0.2) is 5.82 Å². The number of alkyl halides is 3. The topological polar surface area (TPSA) is 115 Å². The minimum Gasteiger partial charge on any atom is -0.483 e. The Morgan fingerprint density at radius 1 is 1.00 bits per heavy atom. The van der Waals surface area contributed by atoms with E-state index in [1.54, 1.807) is 32.9 Å². The lowest BCUT2D eigenvalue weighted by molar-refractivity contribution is -0.137. The molecule has 1 aliphatic rings. The number of hydrogen-bond acceptors (Lipinski definition) is 7. The average molecular weight is 531 g/mol. The van der Waals surface area contributed by atoms with E-state index in [2.05, 4.69) is 20.6 Å². The van der Waals surface area contributed by atoms with Gasteiger partial charge in [-0.15, -0.1) is 0 Å². The Morgan fingerprint density at radius 2 is 1.71 bits per heavy atom. The molecular formula is C25H24F3N5O5. The highest BCUT2D eigenvalue weighted by atomic mass is 19.4. The highest BCUT2D eigenvalue weighted by molar-refractivity contribution is 5.99. The number of ether oxygens (including phenoxy) is 3. The van der Waals surface area contributed by atoms with E-state index in [0.29, 0.717) is 11.4 Å². The largest absolute Gasteiger partial charge is 0.483 e. The van der Waals surface area contributed by atoms with Crippen molar-refractivity contribution in [1.29, 1.82) is 0 Å². The second kappa shape index (κ2) is 10.4. The average Bonchev–Trinajstić information content (AvgIpc) is 2.83. The standard InChI is InChI=1S/C25H24F3N5O5/c1-24(2,3)38-23(35)33-11-12-36-19-20(33)29-14-30-21(19)37-18-9-7-16(8-10-18)31-22(34)32-17-6-4-5-15(13-17)25(26,27)28/h4-10,13-14H,11-12H2,1-3H3,(H2,31,32,34). The van der Waals surface area contributed by atoms with Crippen LogP contribution in [0.1, 0.15) is 26.3 Å². The molecule has 3 aromatic rings. The fourth-order valence-corrected chi connectivity index (χ4v) is 3.36. The van der Waals surface area contributed by atoms with Crippen LogP contribution in [-0.2, 0) is 10.9 Å². The van der Waals surface area contributed by atoms with Gasteiger partial charge in [-0.25, -0.2) is 14.6 Å². The van der Waals surface area contributed by atoms with Crippen molar-refractivity contribution < 1.29 is 37.0 Å². The first-order valence-corrected chi connectivity index (χ1v) is 11.4. The van der Waals surface area contributed by atoms with E-state index < -0.39 is 29.5 Å². The SMILES string of the molecule is CC(C)(C)OC(=O)N1CCOc2c(Oc3ccc(NC(=O)Nc4cccc(C(F)(F)F)c4)cc3)ncnc21. The van der Waals surface area contributed by atoms with Crippen LogP contribution in [0.15, 0.2) is 54.9 Å². The van der Waals surface area contributed by atoms with Crippen LogP contribution in [-0.4, -0.2) is 40.8 Å². The van der Waals surface area contributed by atoms with E-state index in [9.17, 15) is 22.8 Å². The molecule has 0 bridgehead atoms. The highest BCUT2D eigenvalue weighted by Gasteiger charge is 2.32. The van der Waals surface area contributed by atoms with E-state index >= 15 is 0 Å². The van der Waals surface area contributed by atoms with Gasteiger partial charge in [0.2, 0.25) is 5.75 Å². The predicted octanol–water partition coefficient (Wildman–Crippen LogP) is 6.07. The van der Waals surface area contributed by atoms with Crippen LogP contribution in [0, 0.1) is 0 Å². The summed E-state index contributed by atoms with van der Waals surface area (Å²) in [5.41, 5.74) is -1.21. The molecule has 0 saturated carbocycles. The van der Waals surface area contributed by atoms with Gasteiger partial charge < -0.3 is 24.8 Å². The first kappa shape index (κ1) is 26.5. The summed E-state index contributed by atoms with van der Waals surface area (Å²) in [5.74, 6) is 0.798. The Bertz CT molecular complexity index is 1330. The summed E-state index contributed by atoms with van der Waals surface area (Å²) >= 11 is 0. The molecule has 2 heterocycles. The minimum atomic E-state index is -4.52. The van der Waals surface area contributed by atoms with Crippen LogP contribution in [0.25, 0.3) is 0 Å². The maximum absolute atomic E-state index is 12.9. The van der Waals surface area contributed by atoms with Gasteiger partial charge in [0.1, 0.15) is 24.3 Å². The van der Waals surface area contributed by atoms with Crippen LogP contribution in [0.3, 0.4) is 0 Å². The van der Waals surface area contributed by atoms with Gasteiger partial charge in [-0.1, -0.05) is 6.07 Å². The van der Waals surface area contributed by atoms with Crippen molar-refractivity contribution in [1.82, 2.24) is 9.97 Å². The molecule has 1 aliphatic heterocycles. The van der Waals surface area contributed by atoms with Crippen LogP contribution in [0.2, 0.25) is 0 Å². The number of benzene rings is 2. The van der Waals surface area contributed by atoms with Gasteiger partial charge in [-0.3, -0.25) is 4.90 Å². The number of rotatable bonds is 4. The Kier molecular flexibility index (Phi) is 7.28. The van der Waals surface area contributed by atoms with Crippen molar-refractivity contribution in [2.24, 2.45) is 0 Å². The van der Waals surface area contributed by atoms with Gasteiger partial charge in [0.25, 0.3) is 5.88 Å². The van der Waals surface area contributed by atoms with E-state index in [4.69, 9.17) is 14.2 Å². The lowest BCUT2D eigenvalue weighted by atomic mass is 10.2. The molecule has 0 unspecified atom stereocenters. The van der Waals surface area contributed by atoms with Crippen molar-refractivity contribution in [2.75, 3.05) is 28.7 Å². The van der Waals surface area contributed by atoms with Crippen LogP contribution < -0.4 is 25.0 Å². The smallest absolute Gasteiger partial charge is 0.416 e. The third-order valence-electron chi connectivity index (χ3n) is 4.96. The van der Waals surface area contributed by atoms with E-state index in [-0.39, 0.29) is 36.3 Å². The molecule has 0 saturated heterocycles. The van der Waals surface area contributed by atoms with Gasteiger partial charge in [-0.05, 0) is 63.2 Å². The summed E-state index contributed by atoms with van der Waals surface area (Å²) in [4.78, 5) is 34.4. The molecule has 0 radical (unpaired) electrons. The minimum absolute atomic E-state index is 0.00811. The van der Waals surface area contributed by atoms with Gasteiger partial charge >= 0.3 is 18.3 Å². The molecule has 2 aromatic carbocycles. The number of hydrogen-bond donors (Lipinski definition) is 2. The van der Waals surface area contributed by atoms with E-state index in [0.717, 1.165) is 12.1 Å². The molecular weight excluding hydrogens is 507 g/mol. The lowest BCUT2D eigenvalue weighted by Gasteiger charge is -2.30. The number of nitrogens with one attached hydrogen (secondary N) is 2. The summed E-state index contributed by atoms with van der Waals surface area (Å²) in [6, 6.07) is 9.73. The van der Waals surface area contributed by atoms with Crippen molar-refractivity contribution in [3.8, 4) is 17.4 Å². The number of urea groups is 1. The van der Waals surface area contributed by atoms with E-state index in [1.807, 2.05) is 0 Å². The maximum Gasteiger partial charge on any atom is 0.416 e. The molecule has 3 amide bonds. The molecule has 10 nitrogen and oxygen atoms in total. The molecule has 2 N–H and O–H groups in total. The molecule has 1 aromatic heterocycles. The molecule has 0 atom stereocenters. The maximum atomic E-state index is 12.9. The third-order valence-corrected chi connectivity index (χ3v) is 4.96. The second-order valence-corrected chi connectivity index (χ2v) is 9.10. The molecule has 4 rings (SSSR count). The predicted molar refractivity (Wildman–Crippen MR) is 132 cm³/mol. The number of aromatic nitrogens is 2. The van der Waals surface area contributed by atoms with Crippen molar-refractivity contribution in [2.45, 2.75) is 32.5 Å². The van der Waals surface area contributed by atoms with Crippen LogP contribution in [0.5, 0.6) is 17.4 Å². The third kappa shape index (κ3) is 6.60. The van der Waals surface area contributed by atoms with Crippen LogP contribution in [0.4, 0.5) is 40.0 Å². The summed E-state index contributed by atoms with van der Waals surface area (Å²) < 4.78 is 55.5. The fraction of sp³-hybridized carbons (Fsp3) is 0.280. The van der Waals surface area contributed by atoms with Crippen molar-refractivity contribution >= 4 is 29.3 Å². The van der Waals surface area contributed by atoms with Gasteiger partial charge in [0.05, 0.1) is 12.1 Å². The first-order valence-electron chi connectivity index (χ1n) is 11.4. The quantitative estimate of drug-likeness (QED) is 0.420. The molecule has 38 heavy (non-hydrogen) atoms. The Balaban J connectivity index is 1.41. The highest BCUT2D eigenvalue weighted by Crippen LogP contribution is 2.39. The normalized spacial score (nSPS) is 13.2. The Labute approximate surface area is 215 Å². The van der Waals surface area contributed by atoms with Gasteiger partial charge in [0, 0.05) is 11.4 Å². The number of halogens is 3. The first-order chi connectivity index (χ1) is 17.9. The van der Waals surface area contributed by atoms with Crippen molar-refractivity contribution in [3.05, 3.63) is 60.4 Å². The summed E-state index contributed by atoms with van der Waals surface area (Å²) in [7, 11) is 0. The number of amides is 3. The molecule has 0 fully saturated rings. The summed E-state index contributed by atoms with van der Waals surface area (Å²) in [5, 5.41) is 4.89. The van der Waals surface area contributed by atoms with Crippen molar-refractivity contribution in [3.63, 3.8) is 0 Å². The number of nitrogens with zero attached hydrogens (tertiary/aromatic N) is 3. The zero-order chi connectivity index (χ0) is 27.5. The van der Waals surface area contributed by atoms with Crippen LogP contribution >= 0.6 is 0 Å². The van der Waals surface area contributed by atoms with E-state index in [1.165, 1.54) is 35.5 Å². The number of fused-ring (bicyclic) bond motifs is 1. The number of carbonyl (C=O) groups excluding carboxylic acids is 2. The number of anilines is 3. The summed E-state index contributed by atoms with van der Waals surface area (Å²) in [6.45, 7) is 5.69. The summed E-state index contributed by atoms with van der Waals surface area (Å²) in [6.07, 6.45) is -3.87.